The number of para-hydroxylation sites is 2. The lowest BCUT2D eigenvalue weighted by atomic mass is 10.0. The highest BCUT2D eigenvalue weighted by Crippen LogP contribution is 2.42. The van der Waals surface area contributed by atoms with E-state index in [4.69, 9.17) is 9.47 Å². The third kappa shape index (κ3) is 8.84. The molecule has 3 heteroatoms. The second-order valence-electron chi connectivity index (χ2n) is 10.1. The van der Waals surface area contributed by atoms with Crippen LogP contribution in [0.15, 0.2) is 78.9 Å². The van der Waals surface area contributed by atoms with Crippen LogP contribution in [0.3, 0.4) is 0 Å². The number of rotatable bonds is 17. The SMILES string of the molecule is CCCCC(CC)COc1ccc(OCC(CC)CCCC)c(N(c2ccccc2)c2ccccc2)c1. The number of hydrogen-bond donors (Lipinski definition) is 0. The van der Waals surface area contributed by atoms with Crippen LogP contribution in [0.1, 0.15) is 79.1 Å². The number of unbranched alkanes of at least 4 members (excludes halogenated alkanes) is 2. The normalized spacial score (nSPS) is 12.6. The van der Waals surface area contributed by atoms with Crippen molar-refractivity contribution >= 4 is 17.1 Å². The molecule has 2 atom stereocenters. The van der Waals surface area contributed by atoms with Gasteiger partial charge in [-0.3, -0.25) is 0 Å². The Bertz CT molecular complexity index is 965. The number of anilines is 3. The molecule has 2 unspecified atom stereocenters. The van der Waals surface area contributed by atoms with E-state index in [2.05, 4.69) is 111 Å². The molecule has 3 rings (SSSR count). The zero-order valence-electron chi connectivity index (χ0n) is 23.5. The molecule has 200 valence electrons. The topological polar surface area (TPSA) is 21.7 Å². The van der Waals surface area contributed by atoms with Crippen LogP contribution in [0.4, 0.5) is 17.1 Å². The summed E-state index contributed by atoms with van der Waals surface area (Å²) in [5.41, 5.74) is 3.22. The monoisotopic (exact) mass is 501 g/mol. The lowest BCUT2D eigenvalue weighted by molar-refractivity contribution is 0.228. The maximum absolute atomic E-state index is 6.57. The van der Waals surface area contributed by atoms with Gasteiger partial charge in [-0.2, -0.15) is 0 Å². The molecular formula is C34H47NO2. The average Bonchev–Trinajstić information content (AvgIpc) is 2.95. The number of nitrogens with zero attached hydrogens (tertiary/aromatic N) is 1. The highest BCUT2D eigenvalue weighted by molar-refractivity contribution is 5.80. The molecular weight excluding hydrogens is 454 g/mol. The molecule has 0 N–H and O–H groups in total. The van der Waals surface area contributed by atoms with Crippen LogP contribution in [0.2, 0.25) is 0 Å². The van der Waals surface area contributed by atoms with Crippen molar-refractivity contribution in [2.45, 2.75) is 79.1 Å². The molecule has 0 saturated carbocycles. The third-order valence-electron chi connectivity index (χ3n) is 7.25. The van der Waals surface area contributed by atoms with Gasteiger partial charge in [-0.05, 0) is 61.1 Å². The number of benzene rings is 3. The second-order valence-corrected chi connectivity index (χ2v) is 10.1. The zero-order chi connectivity index (χ0) is 26.3. The highest BCUT2D eigenvalue weighted by atomic mass is 16.5. The van der Waals surface area contributed by atoms with E-state index in [0.29, 0.717) is 11.8 Å². The Labute approximate surface area is 225 Å². The Balaban J connectivity index is 1.96. The van der Waals surface area contributed by atoms with Crippen LogP contribution in [-0.2, 0) is 0 Å². The van der Waals surface area contributed by atoms with Gasteiger partial charge in [-0.15, -0.1) is 0 Å². The van der Waals surface area contributed by atoms with E-state index < -0.39 is 0 Å². The summed E-state index contributed by atoms with van der Waals surface area (Å²) in [5.74, 6) is 2.94. The van der Waals surface area contributed by atoms with E-state index in [0.717, 1.165) is 54.6 Å². The predicted octanol–water partition coefficient (Wildman–Crippen LogP) is 10.3. The molecule has 37 heavy (non-hydrogen) atoms. The van der Waals surface area contributed by atoms with Crippen molar-refractivity contribution in [2.75, 3.05) is 18.1 Å². The van der Waals surface area contributed by atoms with Crippen LogP contribution >= 0.6 is 0 Å². The van der Waals surface area contributed by atoms with Crippen LogP contribution in [0.5, 0.6) is 11.5 Å². The van der Waals surface area contributed by atoms with Gasteiger partial charge in [-0.25, -0.2) is 0 Å². The Kier molecular flexibility index (Phi) is 12.4. The summed E-state index contributed by atoms with van der Waals surface area (Å²) >= 11 is 0. The van der Waals surface area contributed by atoms with Gasteiger partial charge in [0.1, 0.15) is 11.5 Å². The van der Waals surface area contributed by atoms with Crippen molar-refractivity contribution in [2.24, 2.45) is 11.8 Å². The Morgan fingerprint density at radius 2 is 1.14 bits per heavy atom. The number of ether oxygens (including phenoxy) is 2. The van der Waals surface area contributed by atoms with Crippen LogP contribution in [0.25, 0.3) is 0 Å². The first kappa shape index (κ1) is 28.6. The maximum Gasteiger partial charge on any atom is 0.143 e. The average molecular weight is 502 g/mol. The molecule has 0 aromatic heterocycles. The van der Waals surface area contributed by atoms with Crippen molar-refractivity contribution in [3.05, 3.63) is 78.9 Å². The minimum Gasteiger partial charge on any atom is -0.493 e. The molecule has 0 aliphatic rings. The van der Waals surface area contributed by atoms with E-state index >= 15 is 0 Å². The van der Waals surface area contributed by atoms with E-state index in [1.54, 1.807) is 0 Å². The van der Waals surface area contributed by atoms with Crippen LogP contribution < -0.4 is 14.4 Å². The molecule has 0 saturated heterocycles. The first-order valence-electron chi connectivity index (χ1n) is 14.5. The first-order chi connectivity index (χ1) is 18.2. The third-order valence-corrected chi connectivity index (χ3v) is 7.25. The fourth-order valence-corrected chi connectivity index (χ4v) is 4.68. The summed E-state index contributed by atoms with van der Waals surface area (Å²) in [4.78, 5) is 2.28. The molecule has 0 radical (unpaired) electrons. The first-order valence-corrected chi connectivity index (χ1v) is 14.5. The van der Waals surface area contributed by atoms with Gasteiger partial charge in [0.2, 0.25) is 0 Å². The van der Waals surface area contributed by atoms with Crippen molar-refractivity contribution in [1.29, 1.82) is 0 Å². The molecule has 0 bridgehead atoms. The van der Waals surface area contributed by atoms with Gasteiger partial charge in [0.25, 0.3) is 0 Å². The van der Waals surface area contributed by atoms with Gasteiger partial charge in [0, 0.05) is 17.4 Å². The smallest absolute Gasteiger partial charge is 0.143 e. The Hall–Kier alpha value is -2.94. The zero-order valence-corrected chi connectivity index (χ0v) is 23.5. The molecule has 0 amide bonds. The van der Waals surface area contributed by atoms with Crippen LogP contribution in [-0.4, -0.2) is 13.2 Å². The van der Waals surface area contributed by atoms with Gasteiger partial charge in [-0.1, -0.05) is 103 Å². The maximum atomic E-state index is 6.57. The standard InChI is InChI=1S/C34H47NO2/c1-5-9-17-28(7-3)26-36-32-23-24-34(37-27-29(8-4)18-10-6-2)33(25-32)35(30-19-13-11-14-20-30)31-21-15-12-16-22-31/h11-16,19-25,28-29H,5-10,17-18,26-27H2,1-4H3. The molecule has 0 aliphatic heterocycles. The van der Waals surface area contributed by atoms with Crippen molar-refractivity contribution in [1.82, 2.24) is 0 Å². The van der Waals surface area contributed by atoms with E-state index in [-0.39, 0.29) is 0 Å². The van der Waals surface area contributed by atoms with Crippen LogP contribution in [0, 0.1) is 11.8 Å². The Morgan fingerprint density at radius 3 is 1.62 bits per heavy atom. The van der Waals surface area contributed by atoms with E-state index in [1.165, 1.54) is 38.5 Å². The minimum atomic E-state index is 0.564. The quantitative estimate of drug-likeness (QED) is 0.184. The molecule has 3 nitrogen and oxygen atoms in total. The van der Waals surface area contributed by atoms with Gasteiger partial charge in [0.15, 0.2) is 0 Å². The van der Waals surface area contributed by atoms with Gasteiger partial charge < -0.3 is 14.4 Å². The molecule has 0 fully saturated rings. The summed E-state index contributed by atoms with van der Waals surface area (Å²) in [7, 11) is 0. The summed E-state index contributed by atoms with van der Waals surface area (Å²) in [6.45, 7) is 10.5. The summed E-state index contributed by atoms with van der Waals surface area (Å²) in [6, 6.07) is 27.4. The fourth-order valence-electron chi connectivity index (χ4n) is 4.68. The minimum absolute atomic E-state index is 0.564. The Morgan fingerprint density at radius 1 is 0.622 bits per heavy atom. The van der Waals surface area contributed by atoms with Gasteiger partial charge in [0.05, 0.1) is 18.9 Å². The van der Waals surface area contributed by atoms with E-state index in [9.17, 15) is 0 Å². The van der Waals surface area contributed by atoms with Gasteiger partial charge >= 0.3 is 0 Å². The van der Waals surface area contributed by atoms with E-state index in [1.807, 2.05) is 0 Å². The number of hydrogen-bond acceptors (Lipinski definition) is 3. The second kappa shape index (κ2) is 16.0. The molecule has 0 spiro atoms. The van der Waals surface area contributed by atoms with Crippen molar-refractivity contribution in [3.63, 3.8) is 0 Å². The lowest BCUT2D eigenvalue weighted by Gasteiger charge is -2.28. The molecule has 0 heterocycles. The predicted molar refractivity (Wildman–Crippen MR) is 159 cm³/mol. The summed E-state index contributed by atoms with van der Waals surface area (Å²) < 4.78 is 13.0. The largest absolute Gasteiger partial charge is 0.493 e. The van der Waals surface area contributed by atoms with Crippen molar-refractivity contribution < 1.29 is 9.47 Å². The summed E-state index contributed by atoms with van der Waals surface area (Å²) in [6.07, 6.45) is 9.66. The molecule has 3 aromatic carbocycles. The molecule has 3 aromatic rings. The molecule has 0 aliphatic carbocycles. The lowest BCUT2D eigenvalue weighted by Crippen LogP contribution is -2.16. The highest BCUT2D eigenvalue weighted by Gasteiger charge is 2.19. The fraction of sp³-hybridized carbons (Fsp3) is 0.471. The van der Waals surface area contributed by atoms with Crippen molar-refractivity contribution in [3.8, 4) is 11.5 Å². The summed E-state index contributed by atoms with van der Waals surface area (Å²) in [5, 5.41) is 0.